The largest absolute Gasteiger partial charge is 0.353 e. The zero-order valence-electron chi connectivity index (χ0n) is 14.5. The Morgan fingerprint density at radius 2 is 1.71 bits per heavy atom. The molecule has 0 bridgehead atoms. The molecule has 4 heteroatoms. The fourth-order valence-electron chi connectivity index (χ4n) is 4.38. The summed E-state index contributed by atoms with van der Waals surface area (Å²) in [6.45, 7) is 0. The predicted molar refractivity (Wildman–Crippen MR) is 101 cm³/mol. The molecule has 134 valence electrons. The van der Waals surface area contributed by atoms with E-state index in [1.54, 1.807) is 0 Å². The Labute approximate surface area is 152 Å². The maximum atomic E-state index is 12.4. The van der Waals surface area contributed by atoms with Crippen molar-refractivity contribution in [3.8, 4) is 0 Å². The Hall–Kier alpha value is -1.06. The lowest BCUT2D eigenvalue weighted by Crippen LogP contribution is -2.44. The van der Waals surface area contributed by atoms with Crippen molar-refractivity contribution in [1.82, 2.24) is 5.32 Å². The summed E-state index contributed by atoms with van der Waals surface area (Å²) in [6, 6.07) is 11.2. The smallest absolute Gasteiger partial charge is 0.220 e. The predicted octanol–water partition coefficient (Wildman–Crippen LogP) is 3.84. The second-order valence-corrected chi connectivity index (χ2v) is 7.47. The Morgan fingerprint density at radius 3 is 2.42 bits per heavy atom. The van der Waals surface area contributed by atoms with Crippen LogP contribution in [0.3, 0.4) is 0 Å². The highest BCUT2D eigenvalue weighted by Crippen LogP contribution is 2.29. The average Bonchev–Trinajstić information content (AvgIpc) is 2.95. The molecule has 24 heavy (non-hydrogen) atoms. The highest BCUT2D eigenvalue weighted by atomic mass is 35.5. The number of carbonyl (C=O) groups excluding carboxylic acids is 1. The van der Waals surface area contributed by atoms with Crippen LogP contribution in [0, 0.1) is 11.8 Å². The maximum Gasteiger partial charge on any atom is 0.220 e. The highest BCUT2D eigenvalue weighted by molar-refractivity contribution is 5.85. The van der Waals surface area contributed by atoms with Gasteiger partial charge in [-0.1, -0.05) is 49.6 Å². The molecule has 2 unspecified atom stereocenters. The standard InChI is InChI=1S/C20H30N2O.ClH/c21-18-11-6-10-16(18)14-20(23)22-19-12-5-4-9-17(19)13-15-7-2-1-3-8-15;/h1-3,7-8,16-19H,4-6,9-14,21H2,(H,22,23);1H/t16-,17?,18+,19?;/m0./s1. The molecule has 2 saturated carbocycles. The number of halogens is 1. The van der Waals surface area contributed by atoms with E-state index in [9.17, 15) is 4.79 Å². The summed E-state index contributed by atoms with van der Waals surface area (Å²) in [5, 5.41) is 3.34. The molecule has 1 aromatic rings. The van der Waals surface area contributed by atoms with Gasteiger partial charge < -0.3 is 11.1 Å². The molecule has 0 heterocycles. The quantitative estimate of drug-likeness (QED) is 0.847. The van der Waals surface area contributed by atoms with Gasteiger partial charge in [-0.15, -0.1) is 12.4 Å². The maximum absolute atomic E-state index is 12.4. The van der Waals surface area contributed by atoms with Crippen LogP contribution in [0.2, 0.25) is 0 Å². The molecule has 3 N–H and O–H groups in total. The van der Waals surface area contributed by atoms with Crippen molar-refractivity contribution < 1.29 is 4.79 Å². The van der Waals surface area contributed by atoms with Gasteiger partial charge in [-0.3, -0.25) is 4.79 Å². The van der Waals surface area contributed by atoms with Gasteiger partial charge in [-0.05, 0) is 49.5 Å². The van der Waals surface area contributed by atoms with Crippen molar-refractivity contribution in [1.29, 1.82) is 0 Å². The van der Waals surface area contributed by atoms with E-state index in [1.165, 1.54) is 31.2 Å². The second-order valence-electron chi connectivity index (χ2n) is 7.47. The molecule has 0 aromatic heterocycles. The number of nitrogens with one attached hydrogen (secondary N) is 1. The number of rotatable bonds is 5. The number of benzene rings is 1. The zero-order valence-corrected chi connectivity index (χ0v) is 15.3. The minimum absolute atomic E-state index is 0. The van der Waals surface area contributed by atoms with Gasteiger partial charge in [0, 0.05) is 18.5 Å². The Morgan fingerprint density at radius 1 is 1.00 bits per heavy atom. The van der Waals surface area contributed by atoms with Gasteiger partial charge in [0.15, 0.2) is 0 Å². The third-order valence-corrected chi connectivity index (χ3v) is 5.76. The van der Waals surface area contributed by atoms with Gasteiger partial charge in [-0.25, -0.2) is 0 Å². The Kier molecular flexibility index (Phi) is 7.57. The van der Waals surface area contributed by atoms with Crippen molar-refractivity contribution in [3.63, 3.8) is 0 Å². The molecule has 2 aliphatic rings. The number of carbonyl (C=O) groups is 1. The summed E-state index contributed by atoms with van der Waals surface area (Å²) in [4.78, 5) is 12.4. The monoisotopic (exact) mass is 350 g/mol. The van der Waals surface area contributed by atoms with Crippen LogP contribution in [0.15, 0.2) is 30.3 Å². The molecule has 4 atom stereocenters. The van der Waals surface area contributed by atoms with Crippen LogP contribution in [0.4, 0.5) is 0 Å². The summed E-state index contributed by atoms with van der Waals surface area (Å²) < 4.78 is 0. The lowest BCUT2D eigenvalue weighted by molar-refractivity contribution is -0.123. The number of nitrogens with two attached hydrogens (primary N) is 1. The third-order valence-electron chi connectivity index (χ3n) is 5.76. The first kappa shape index (κ1) is 19.3. The topological polar surface area (TPSA) is 55.1 Å². The molecule has 0 saturated heterocycles. The van der Waals surface area contributed by atoms with E-state index in [1.807, 2.05) is 0 Å². The first-order chi connectivity index (χ1) is 11.2. The molecule has 0 aliphatic heterocycles. The summed E-state index contributed by atoms with van der Waals surface area (Å²) in [5.74, 6) is 1.19. The van der Waals surface area contributed by atoms with Gasteiger partial charge in [-0.2, -0.15) is 0 Å². The molecule has 3 nitrogen and oxygen atoms in total. The van der Waals surface area contributed by atoms with Gasteiger partial charge in [0.1, 0.15) is 0 Å². The second kappa shape index (κ2) is 9.43. The van der Waals surface area contributed by atoms with Gasteiger partial charge >= 0.3 is 0 Å². The number of hydrogen-bond donors (Lipinski definition) is 2. The number of hydrogen-bond acceptors (Lipinski definition) is 2. The van der Waals surface area contributed by atoms with E-state index >= 15 is 0 Å². The lowest BCUT2D eigenvalue weighted by Gasteiger charge is -2.33. The van der Waals surface area contributed by atoms with Crippen LogP contribution in [-0.4, -0.2) is 18.0 Å². The molecule has 2 fully saturated rings. The minimum Gasteiger partial charge on any atom is -0.353 e. The summed E-state index contributed by atoms with van der Waals surface area (Å²) in [5.41, 5.74) is 7.50. The van der Waals surface area contributed by atoms with Crippen LogP contribution in [0.25, 0.3) is 0 Å². The summed E-state index contributed by atoms with van der Waals surface area (Å²) >= 11 is 0. The molecule has 0 radical (unpaired) electrons. The Bertz CT molecular complexity index is 508. The van der Waals surface area contributed by atoms with Crippen molar-refractivity contribution >= 4 is 18.3 Å². The molecular weight excluding hydrogens is 320 g/mol. The first-order valence-corrected chi connectivity index (χ1v) is 9.31. The number of amides is 1. The molecular formula is C20H31ClN2O. The van der Waals surface area contributed by atoms with Crippen molar-refractivity contribution in [3.05, 3.63) is 35.9 Å². The Balaban J connectivity index is 0.00000208. The van der Waals surface area contributed by atoms with Crippen molar-refractivity contribution in [2.45, 2.75) is 69.9 Å². The molecule has 2 aliphatic carbocycles. The normalized spacial score (nSPS) is 29.7. The van der Waals surface area contributed by atoms with E-state index in [0.717, 1.165) is 25.7 Å². The first-order valence-electron chi connectivity index (χ1n) is 9.31. The van der Waals surface area contributed by atoms with Crippen LogP contribution >= 0.6 is 12.4 Å². The van der Waals surface area contributed by atoms with Crippen LogP contribution in [0.5, 0.6) is 0 Å². The average molecular weight is 351 g/mol. The molecule has 1 aromatic carbocycles. The highest BCUT2D eigenvalue weighted by Gasteiger charge is 2.30. The summed E-state index contributed by atoms with van der Waals surface area (Å²) in [7, 11) is 0. The van der Waals surface area contributed by atoms with Crippen LogP contribution < -0.4 is 11.1 Å². The van der Waals surface area contributed by atoms with Crippen LogP contribution in [0.1, 0.15) is 56.9 Å². The van der Waals surface area contributed by atoms with Crippen molar-refractivity contribution in [2.75, 3.05) is 0 Å². The van der Waals surface area contributed by atoms with Crippen molar-refractivity contribution in [2.24, 2.45) is 17.6 Å². The van der Waals surface area contributed by atoms with E-state index in [2.05, 4.69) is 35.6 Å². The SMILES string of the molecule is Cl.N[C@@H]1CCC[C@H]1CC(=O)NC1CCCCC1Cc1ccccc1. The van der Waals surface area contributed by atoms with E-state index in [4.69, 9.17) is 5.73 Å². The fraction of sp³-hybridized carbons (Fsp3) is 0.650. The van der Waals surface area contributed by atoms with E-state index < -0.39 is 0 Å². The van der Waals surface area contributed by atoms with E-state index in [0.29, 0.717) is 24.3 Å². The fourth-order valence-corrected chi connectivity index (χ4v) is 4.38. The lowest BCUT2D eigenvalue weighted by atomic mass is 9.80. The van der Waals surface area contributed by atoms with Crippen LogP contribution in [-0.2, 0) is 11.2 Å². The third kappa shape index (κ3) is 5.22. The van der Waals surface area contributed by atoms with Gasteiger partial charge in [0.2, 0.25) is 5.91 Å². The molecule has 1 amide bonds. The summed E-state index contributed by atoms with van der Waals surface area (Å²) in [6.07, 6.45) is 9.95. The van der Waals surface area contributed by atoms with Gasteiger partial charge in [0.25, 0.3) is 0 Å². The molecule has 0 spiro atoms. The van der Waals surface area contributed by atoms with E-state index in [-0.39, 0.29) is 24.4 Å². The minimum atomic E-state index is 0. The molecule has 3 rings (SSSR count). The van der Waals surface area contributed by atoms with Gasteiger partial charge in [0.05, 0.1) is 0 Å². The zero-order chi connectivity index (χ0) is 16.1.